The topological polar surface area (TPSA) is 94.7 Å². The molecule has 0 aliphatic rings. The number of carbonyl (C=O) groups excluding carboxylic acids is 3. The highest BCUT2D eigenvalue weighted by atomic mass is 16.6. The van der Waals surface area contributed by atoms with Crippen LogP contribution in [0, 0.1) is 6.92 Å². The van der Waals surface area contributed by atoms with E-state index in [1.807, 2.05) is 6.92 Å². The van der Waals surface area contributed by atoms with Crippen LogP contribution >= 0.6 is 0 Å². The number of nitrogens with one attached hydrogen (secondary N) is 1. The number of aryl methyl sites for hydroxylation is 1. The van der Waals surface area contributed by atoms with Crippen LogP contribution < -0.4 is 0 Å². The molecule has 0 amide bonds. The van der Waals surface area contributed by atoms with E-state index in [4.69, 9.17) is 14.2 Å². The molecule has 0 spiro atoms. The highest BCUT2D eigenvalue weighted by Gasteiger charge is 2.25. The molecule has 0 saturated heterocycles. The first kappa shape index (κ1) is 18.7. The number of aromatic nitrogens is 1. The second-order valence-corrected chi connectivity index (χ2v) is 5.99. The van der Waals surface area contributed by atoms with Crippen LogP contribution in [0.25, 0.3) is 0 Å². The van der Waals surface area contributed by atoms with Crippen LogP contribution in [0.15, 0.2) is 0 Å². The van der Waals surface area contributed by atoms with Crippen LogP contribution in [0.4, 0.5) is 0 Å². The smallest absolute Gasteiger partial charge is 0.355 e. The lowest BCUT2D eigenvalue weighted by molar-refractivity contribution is -0.158. The van der Waals surface area contributed by atoms with Crippen molar-refractivity contribution in [1.82, 2.24) is 4.98 Å². The molecule has 7 nitrogen and oxygen atoms in total. The normalized spacial score (nSPS) is 11.0. The van der Waals surface area contributed by atoms with Crippen LogP contribution in [0.5, 0.6) is 0 Å². The van der Waals surface area contributed by atoms with Crippen molar-refractivity contribution in [3.8, 4) is 0 Å². The molecule has 0 fully saturated rings. The van der Waals surface area contributed by atoms with Crippen molar-refractivity contribution in [2.75, 3.05) is 13.7 Å². The van der Waals surface area contributed by atoms with Gasteiger partial charge in [0, 0.05) is 5.69 Å². The number of carbonyl (C=O) groups is 3. The molecule has 23 heavy (non-hydrogen) atoms. The summed E-state index contributed by atoms with van der Waals surface area (Å²) in [5, 5.41) is 0. The van der Waals surface area contributed by atoms with E-state index < -0.39 is 30.1 Å². The first-order valence-electron chi connectivity index (χ1n) is 7.29. The molecule has 1 aromatic heterocycles. The molecule has 0 atom stereocenters. The molecule has 1 aromatic rings. The lowest BCUT2D eigenvalue weighted by Gasteiger charge is -2.19. The van der Waals surface area contributed by atoms with Gasteiger partial charge in [0.1, 0.15) is 11.3 Å². The monoisotopic (exact) mass is 325 g/mol. The number of methoxy groups -OCH3 is 1. The quantitative estimate of drug-likeness (QED) is 0.658. The fraction of sp³-hybridized carbons (Fsp3) is 0.562. The van der Waals surface area contributed by atoms with Crippen molar-refractivity contribution < 1.29 is 28.6 Å². The van der Waals surface area contributed by atoms with Gasteiger partial charge in [0.05, 0.1) is 12.7 Å². The summed E-state index contributed by atoms with van der Waals surface area (Å²) >= 11 is 0. The van der Waals surface area contributed by atoms with Crippen molar-refractivity contribution in [2.45, 2.75) is 46.6 Å². The third kappa shape index (κ3) is 4.84. The third-order valence-electron chi connectivity index (χ3n) is 3.02. The summed E-state index contributed by atoms with van der Waals surface area (Å²) in [6.07, 6.45) is 0.518. The second-order valence-electron chi connectivity index (χ2n) is 5.99. The van der Waals surface area contributed by atoms with Gasteiger partial charge in [-0.2, -0.15) is 0 Å². The lowest BCUT2D eigenvalue weighted by atomic mass is 10.1. The number of hydrogen-bond donors (Lipinski definition) is 1. The zero-order chi connectivity index (χ0) is 17.8. The van der Waals surface area contributed by atoms with E-state index in [0.29, 0.717) is 23.2 Å². The second kappa shape index (κ2) is 7.30. The fourth-order valence-electron chi connectivity index (χ4n) is 2.07. The highest BCUT2D eigenvalue weighted by Crippen LogP contribution is 2.21. The standard InChI is InChI=1S/C16H23NO6/c1-7-10-12(14(19)21-6)9(2)13(17-10)15(20)22-8-11(18)23-16(3,4)5/h17H,7-8H2,1-6H3. The Labute approximate surface area is 135 Å². The molecule has 1 heterocycles. The first-order valence-corrected chi connectivity index (χ1v) is 7.29. The van der Waals surface area contributed by atoms with Gasteiger partial charge in [0.2, 0.25) is 0 Å². The minimum atomic E-state index is -0.724. The number of ether oxygens (including phenoxy) is 3. The van der Waals surface area contributed by atoms with Crippen LogP contribution in [-0.4, -0.2) is 42.2 Å². The molecule has 0 radical (unpaired) electrons. The number of H-pyrrole nitrogens is 1. The van der Waals surface area contributed by atoms with E-state index in [1.54, 1.807) is 27.7 Å². The summed E-state index contributed by atoms with van der Waals surface area (Å²) in [4.78, 5) is 38.4. The van der Waals surface area contributed by atoms with Crippen LogP contribution in [0.1, 0.15) is 59.8 Å². The van der Waals surface area contributed by atoms with Crippen LogP contribution in [-0.2, 0) is 25.4 Å². The van der Waals surface area contributed by atoms with E-state index in [0.717, 1.165) is 0 Å². The lowest BCUT2D eigenvalue weighted by Crippen LogP contribution is -2.27. The Morgan fingerprint density at radius 1 is 1.13 bits per heavy atom. The summed E-state index contributed by atoms with van der Waals surface area (Å²) in [6.45, 7) is 8.12. The van der Waals surface area contributed by atoms with Crippen molar-refractivity contribution in [3.05, 3.63) is 22.5 Å². The molecule has 0 aromatic carbocycles. The van der Waals surface area contributed by atoms with Gasteiger partial charge in [0.15, 0.2) is 6.61 Å². The fourth-order valence-corrected chi connectivity index (χ4v) is 2.07. The molecule has 1 N–H and O–H groups in total. The maximum atomic E-state index is 12.1. The average molecular weight is 325 g/mol. The summed E-state index contributed by atoms with van der Waals surface area (Å²) < 4.78 is 14.7. The summed E-state index contributed by atoms with van der Waals surface area (Å²) in [5.41, 5.74) is 0.811. The molecule has 0 saturated carbocycles. The molecule has 0 unspecified atom stereocenters. The molecule has 1 rings (SSSR count). The Hall–Kier alpha value is -2.31. The highest BCUT2D eigenvalue weighted by molar-refractivity contribution is 5.98. The molecular weight excluding hydrogens is 302 g/mol. The van der Waals surface area contributed by atoms with Crippen molar-refractivity contribution >= 4 is 17.9 Å². The summed E-state index contributed by atoms with van der Waals surface area (Å²) in [5.74, 6) is -1.89. The van der Waals surface area contributed by atoms with Gasteiger partial charge in [-0.3, -0.25) is 0 Å². The van der Waals surface area contributed by atoms with Gasteiger partial charge in [-0.15, -0.1) is 0 Å². The van der Waals surface area contributed by atoms with Gasteiger partial charge in [-0.25, -0.2) is 14.4 Å². The van der Waals surface area contributed by atoms with Crippen LogP contribution in [0.3, 0.4) is 0 Å². The Morgan fingerprint density at radius 3 is 2.22 bits per heavy atom. The van der Waals surface area contributed by atoms with Gasteiger partial charge >= 0.3 is 17.9 Å². The minimum Gasteiger partial charge on any atom is -0.465 e. The summed E-state index contributed by atoms with van der Waals surface area (Å²) in [6, 6.07) is 0. The Balaban J connectivity index is 2.87. The van der Waals surface area contributed by atoms with E-state index in [2.05, 4.69) is 4.98 Å². The number of hydrogen-bond acceptors (Lipinski definition) is 6. The zero-order valence-electron chi connectivity index (χ0n) is 14.4. The molecular formula is C16H23NO6. The predicted octanol–water partition coefficient (Wildman–Crippen LogP) is 2.17. The summed E-state index contributed by atoms with van der Waals surface area (Å²) in [7, 11) is 1.27. The predicted molar refractivity (Wildman–Crippen MR) is 82.4 cm³/mol. The Kier molecular flexibility index (Phi) is 5.95. The van der Waals surface area contributed by atoms with Gasteiger partial charge in [-0.05, 0) is 39.7 Å². The minimum absolute atomic E-state index is 0.130. The van der Waals surface area contributed by atoms with E-state index in [9.17, 15) is 14.4 Å². The maximum Gasteiger partial charge on any atom is 0.355 e. The SMILES string of the molecule is CCc1[nH]c(C(=O)OCC(=O)OC(C)(C)C)c(C)c1C(=O)OC. The van der Waals surface area contributed by atoms with Crippen molar-refractivity contribution in [3.63, 3.8) is 0 Å². The molecule has 128 valence electrons. The van der Waals surface area contributed by atoms with Gasteiger partial charge < -0.3 is 19.2 Å². The maximum absolute atomic E-state index is 12.1. The first-order chi connectivity index (χ1) is 10.6. The number of rotatable bonds is 5. The molecule has 0 aliphatic heterocycles. The van der Waals surface area contributed by atoms with Crippen molar-refractivity contribution in [2.24, 2.45) is 0 Å². The van der Waals surface area contributed by atoms with E-state index in [-0.39, 0.29) is 5.69 Å². The molecule has 0 bridgehead atoms. The third-order valence-corrected chi connectivity index (χ3v) is 3.02. The van der Waals surface area contributed by atoms with E-state index >= 15 is 0 Å². The van der Waals surface area contributed by atoms with Crippen molar-refractivity contribution in [1.29, 1.82) is 0 Å². The Morgan fingerprint density at radius 2 is 1.74 bits per heavy atom. The largest absolute Gasteiger partial charge is 0.465 e. The van der Waals surface area contributed by atoms with E-state index in [1.165, 1.54) is 7.11 Å². The number of esters is 3. The van der Waals surface area contributed by atoms with Crippen LogP contribution in [0.2, 0.25) is 0 Å². The molecule has 0 aliphatic carbocycles. The molecule has 7 heteroatoms. The zero-order valence-corrected chi connectivity index (χ0v) is 14.4. The average Bonchev–Trinajstić information content (AvgIpc) is 2.79. The Bertz CT molecular complexity index is 609. The number of aromatic amines is 1. The van der Waals surface area contributed by atoms with Gasteiger partial charge in [-0.1, -0.05) is 6.92 Å². The van der Waals surface area contributed by atoms with Gasteiger partial charge in [0.25, 0.3) is 0 Å².